The van der Waals surface area contributed by atoms with Gasteiger partial charge in [0.05, 0.1) is 22.5 Å². The predicted molar refractivity (Wildman–Crippen MR) is 177 cm³/mol. The lowest BCUT2D eigenvalue weighted by Crippen LogP contribution is -2.13. The number of benzene rings is 3. The molecule has 0 spiro atoms. The molecule has 0 bridgehead atoms. The molecular formula is C37H35BFN2O5. The quantitative estimate of drug-likeness (QED) is 0.156. The maximum Gasteiger partial charge on any atom is 0.495 e. The van der Waals surface area contributed by atoms with E-state index in [0.29, 0.717) is 69.5 Å². The third-order valence-corrected chi connectivity index (χ3v) is 8.24. The number of nitrogens with zero attached hydrogens (tertiary/aromatic N) is 2. The van der Waals surface area contributed by atoms with Gasteiger partial charge in [-0.1, -0.05) is 60.7 Å². The smallest absolute Gasteiger partial charge is 0.495 e. The second-order valence-electron chi connectivity index (χ2n) is 11.4. The summed E-state index contributed by atoms with van der Waals surface area (Å²) in [6.45, 7) is 10.7. The number of aromatic nitrogens is 1. The number of hydrogen-bond acceptors (Lipinski definition) is 6. The summed E-state index contributed by atoms with van der Waals surface area (Å²) in [6, 6.07) is 21.9. The Balaban J connectivity index is 1.68. The second-order valence-corrected chi connectivity index (χ2v) is 11.4. The topological polar surface area (TPSA) is 90.1 Å². The third-order valence-electron chi connectivity index (χ3n) is 8.24. The summed E-state index contributed by atoms with van der Waals surface area (Å²) in [4.78, 5) is 31.8. The predicted octanol–water partition coefficient (Wildman–Crippen LogP) is 7.43. The summed E-state index contributed by atoms with van der Waals surface area (Å²) >= 11 is 0. The number of ether oxygens (including phenoxy) is 2. The van der Waals surface area contributed by atoms with E-state index in [9.17, 15) is 19.0 Å². The van der Waals surface area contributed by atoms with Crippen molar-refractivity contribution in [3.05, 3.63) is 140 Å². The largest absolute Gasteiger partial charge is 0.508 e. The summed E-state index contributed by atoms with van der Waals surface area (Å²) < 4.78 is 27.6. The number of phenols is 1. The molecule has 3 aromatic carbocycles. The molecule has 46 heavy (non-hydrogen) atoms. The SMILES string of the molecule is CC1=N/C(=C(/c2c(C)cc(O)cc2C)c2c(C)c(C(=O)OCc3ccccc3)c(C)n2[B]F)C(C)=C1C(=O)OCc1ccccc1. The van der Waals surface area contributed by atoms with Crippen molar-refractivity contribution >= 4 is 30.9 Å². The van der Waals surface area contributed by atoms with Crippen LogP contribution in [-0.2, 0) is 27.5 Å². The van der Waals surface area contributed by atoms with Crippen LogP contribution in [0.3, 0.4) is 0 Å². The number of carbonyl (C=O) groups excluding carboxylic acids is 2. The molecule has 5 rings (SSSR count). The Morgan fingerprint density at radius 3 is 1.85 bits per heavy atom. The van der Waals surface area contributed by atoms with Crippen LogP contribution in [0.5, 0.6) is 5.75 Å². The highest BCUT2D eigenvalue weighted by molar-refractivity contribution is 6.27. The first-order valence-electron chi connectivity index (χ1n) is 14.9. The zero-order chi connectivity index (χ0) is 33.1. The van der Waals surface area contributed by atoms with Crippen molar-refractivity contribution in [1.29, 1.82) is 0 Å². The second kappa shape index (κ2) is 13.4. The van der Waals surface area contributed by atoms with Crippen LogP contribution in [0.4, 0.5) is 4.32 Å². The highest BCUT2D eigenvalue weighted by atomic mass is 19.1. The Morgan fingerprint density at radius 2 is 1.33 bits per heavy atom. The molecule has 9 heteroatoms. The van der Waals surface area contributed by atoms with Crippen LogP contribution in [0.25, 0.3) is 5.57 Å². The van der Waals surface area contributed by atoms with Crippen LogP contribution in [0, 0.1) is 27.7 Å². The van der Waals surface area contributed by atoms with Crippen LogP contribution in [0.1, 0.15) is 69.0 Å². The van der Waals surface area contributed by atoms with E-state index < -0.39 is 11.9 Å². The Bertz CT molecular complexity index is 1900. The molecule has 0 fully saturated rings. The van der Waals surface area contributed by atoms with Crippen LogP contribution >= 0.6 is 0 Å². The standard InChI is InChI=1S/C37H35BFN2O5/c1-21-17-29(42)18-22(2)30(21)33(34-23(3)31(25(5)40-34)36(43)45-19-27-13-9-7-10-14-27)35-24(4)32(26(6)41(35)38-39)37(44)46-20-28-15-11-8-12-16-28/h7-18,42H,19-20H2,1-6H3/b34-33-. The molecular weight excluding hydrogens is 582 g/mol. The lowest BCUT2D eigenvalue weighted by molar-refractivity contribution is -0.139. The van der Waals surface area contributed by atoms with Crippen LogP contribution in [0.15, 0.2) is 94.6 Å². The minimum atomic E-state index is -0.590. The number of halogens is 1. The molecule has 0 saturated carbocycles. The van der Waals surface area contributed by atoms with Gasteiger partial charge in [-0.2, -0.15) is 0 Å². The number of allylic oxidation sites excluding steroid dienone is 1. The van der Waals surface area contributed by atoms with E-state index in [1.54, 1.807) is 39.8 Å². The van der Waals surface area contributed by atoms with Crippen molar-refractivity contribution in [1.82, 2.24) is 4.48 Å². The fourth-order valence-corrected chi connectivity index (χ4v) is 6.11. The van der Waals surface area contributed by atoms with Crippen molar-refractivity contribution in [2.45, 2.75) is 54.8 Å². The number of aryl methyl sites for hydroxylation is 2. The molecule has 2 heterocycles. The van der Waals surface area contributed by atoms with Crippen molar-refractivity contribution in [3.63, 3.8) is 0 Å². The highest BCUT2D eigenvalue weighted by Crippen LogP contribution is 2.42. The Labute approximate surface area is 269 Å². The van der Waals surface area contributed by atoms with Gasteiger partial charge in [0.15, 0.2) is 0 Å². The van der Waals surface area contributed by atoms with Gasteiger partial charge in [-0.25, -0.2) is 9.59 Å². The van der Waals surface area contributed by atoms with Gasteiger partial charge in [-0.05, 0) is 92.6 Å². The Kier molecular flexibility index (Phi) is 9.42. The molecule has 1 radical (unpaired) electrons. The maximum absolute atomic E-state index is 14.9. The maximum atomic E-state index is 14.9. The summed E-state index contributed by atoms with van der Waals surface area (Å²) in [5.74, 6) is -1.04. The molecule has 0 amide bonds. The number of aliphatic imine (C=N–C) groups is 1. The van der Waals surface area contributed by atoms with E-state index in [1.807, 2.05) is 74.5 Å². The molecule has 0 aliphatic carbocycles. The van der Waals surface area contributed by atoms with Crippen LogP contribution < -0.4 is 0 Å². The number of phenolic OH excluding ortho intramolecular Hbond substituents is 1. The minimum Gasteiger partial charge on any atom is -0.508 e. The van der Waals surface area contributed by atoms with Gasteiger partial charge in [0, 0.05) is 17.0 Å². The third kappa shape index (κ3) is 6.18. The van der Waals surface area contributed by atoms with Gasteiger partial charge in [0.2, 0.25) is 0 Å². The van der Waals surface area contributed by atoms with Crippen LogP contribution in [0.2, 0.25) is 0 Å². The van der Waals surface area contributed by atoms with Gasteiger partial charge < -0.3 is 23.4 Å². The zero-order valence-electron chi connectivity index (χ0n) is 26.8. The minimum absolute atomic E-state index is 0.0579. The average Bonchev–Trinajstić information content (AvgIpc) is 3.47. The molecule has 0 saturated heterocycles. The van der Waals surface area contributed by atoms with E-state index in [1.165, 1.54) is 4.48 Å². The first-order valence-corrected chi connectivity index (χ1v) is 14.9. The Hall–Kier alpha value is -5.18. The van der Waals surface area contributed by atoms with E-state index >= 15 is 0 Å². The molecule has 233 valence electrons. The molecule has 0 unspecified atom stereocenters. The highest BCUT2D eigenvalue weighted by Gasteiger charge is 2.33. The average molecular weight is 618 g/mol. The summed E-state index contributed by atoms with van der Waals surface area (Å²) in [5.41, 5.74) is 7.49. The molecule has 1 aliphatic heterocycles. The summed E-state index contributed by atoms with van der Waals surface area (Å²) in [6.07, 6.45) is 0. The molecule has 4 aromatic rings. The molecule has 0 atom stereocenters. The van der Waals surface area contributed by atoms with Gasteiger partial charge in [0.1, 0.15) is 19.0 Å². The van der Waals surface area contributed by atoms with E-state index in [2.05, 4.69) is 0 Å². The van der Waals surface area contributed by atoms with E-state index in [4.69, 9.17) is 14.5 Å². The number of aromatic hydroxyl groups is 1. The zero-order valence-corrected chi connectivity index (χ0v) is 26.8. The van der Waals surface area contributed by atoms with Crippen LogP contribution in [-0.4, -0.2) is 34.9 Å². The lowest BCUT2D eigenvalue weighted by atomic mass is 9.88. The number of rotatable bonds is 9. The monoisotopic (exact) mass is 617 g/mol. The number of carbonyl (C=O) groups is 2. The van der Waals surface area contributed by atoms with Crippen molar-refractivity contribution in [2.24, 2.45) is 4.99 Å². The first-order chi connectivity index (χ1) is 22.0. The first kappa shape index (κ1) is 32.2. The van der Waals surface area contributed by atoms with Crippen molar-refractivity contribution in [2.75, 3.05) is 0 Å². The summed E-state index contributed by atoms with van der Waals surface area (Å²) in [5, 5.41) is 10.4. The number of esters is 2. The fraction of sp³-hybridized carbons (Fsp3) is 0.216. The fourth-order valence-electron chi connectivity index (χ4n) is 6.11. The van der Waals surface area contributed by atoms with Gasteiger partial charge >= 0.3 is 19.6 Å². The van der Waals surface area contributed by atoms with Crippen molar-refractivity contribution in [3.8, 4) is 5.75 Å². The van der Waals surface area contributed by atoms with Crippen molar-refractivity contribution < 1.29 is 28.5 Å². The lowest BCUT2D eigenvalue weighted by Gasteiger charge is -2.20. The molecule has 7 nitrogen and oxygen atoms in total. The summed E-state index contributed by atoms with van der Waals surface area (Å²) in [7, 11) is 0.414. The van der Waals surface area contributed by atoms with E-state index in [0.717, 1.165) is 11.1 Å². The van der Waals surface area contributed by atoms with Gasteiger partial charge in [0.25, 0.3) is 0 Å². The number of hydrogen-bond donors (Lipinski definition) is 1. The van der Waals surface area contributed by atoms with E-state index in [-0.39, 0.29) is 24.5 Å². The molecule has 1 N–H and O–H groups in total. The molecule has 1 aromatic heterocycles. The van der Waals surface area contributed by atoms with Gasteiger partial charge in [-0.15, -0.1) is 0 Å². The normalized spacial score (nSPS) is 13.8. The molecule has 1 aliphatic rings. The Morgan fingerprint density at radius 1 is 0.804 bits per heavy atom. The van der Waals surface area contributed by atoms with Gasteiger partial charge in [-0.3, -0.25) is 4.99 Å².